The average Bonchev–Trinajstić information content (AvgIpc) is 2.75. The second-order valence-corrected chi connectivity index (χ2v) is 5.89. The summed E-state index contributed by atoms with van der Waals surface area (Å²) < 4.78 is 0. The van der Waals surface area contributed by atoms with Crippen molar-refractivity contribution < 1.29 is 0 Å². The van der Waals surface area contributed by atoms with Gasteiger partial charge in [-0.05, 0) is 69.9 Å². The summed E-state index contributed by atoms with van der Waals surface area (Å²) in [5.41, 5.74) is 4.18. The van der Waals surface area contributed by atoms with Crippen molar-refractivity contribution in [3.63, 3.8) is 0 Å². The predicted octanol–water partition coefficient (Wildman–Crippen LogP) is 2.91. The number of likely N-dealkylation sites (tertiary alicyclic amines) is 1. The third-order valence-electron chi connectivity index (χ3n) is 4.23. The molecule has 1 heterocycles. The van der Waals surface area contributed by atoms with Crippen molar-refractivity contribution in [1.82, 2.24) is 10.2 Å². The lowest BCUT2D eigenvalue weighted by atomic mass is 10.0. The van der Waals surface area contributed by atoms with Crippen LogP contribution in [0.5, 0.6) is 0 Å². The summed E-state index contributed by atoms with van der Waals surface area (Å²) in [4.78, 5) is 2.42. The molecule has 2 unspecified atom stereocenters. The molecule has 1 aliphatic heterocycles. The van der Waals surface area contributed by atoms with Crippen LogP contribution in [0.1, 0.15) is 36.1 Å². The number of benzene rings is 1. The van der Waals surface area contributed by atoms with Gasteiger partial charge in [0.05, 0.1) is 0 Å². The van der Waals surface area contributed by atoms with E-state index in [1.165, 1.54) is 36.2 Å². The summed E-state index contributed by atoms with van der Waals surface area (Å²) in [6, 6.07) is 7.25. The van der Waals surface area contributed by atoms with E-state index in [2.05, 4.69) is 56.2 Å². The summed E-state index contributed by atoms with van der Waals surface area (Å²) in [5.74, 6) is 0.823. The largest absolute Gasteiger partial charge is 0.310 e. The van der Waals surface area contributed by atoms with Crippen molar-refractivity contribution >= 4 is 0 Å². The molecule has 18 heavy (non-hydrogen) atoms. The molecule has 0 amide bonds. The maximum Gasteiger partial charge on any atom is 0.0292 e. The Morgan fingerprint density at radius 2 is 2.11 bits per heavy atom. The van der Waals surface area contributed by atoms with Gasteiger partial charge in [-0.2, -0.15) is 0 Å². The zero-order valence-corrected chi connectivity index (χ0v) is 12.2. The lowest BCUT2D eigenvalue weighted by molar-refractivity contribution is 0.382. The van der Waals surface area contributed by atoms with Gasteiger partial charge in [0.2, 0.25) is 0 Å². The van der Waals surface area contributed by atoms with E-state index in [9.17, 15) is 0 Å². The smallest absolute Gasteiger partial charge is 0.0292 e. The highest BCUT2D eigenvalue weighted by atomic mass is 15.1. The number of nitrogens with zero attached hydrogens (tertiary/aromatic N) is 1. The maximum absolute atomic E-state index is 3.68. The number of hydrogen-bond acceptors (Lipinski definition) is 2. The Morgan fingerprint density at radius 1 is 1.33 bits per heavy atom. The van der Waals surface area contributed by atoms with Crippen LogP contribution in [0.15, 0.2) is 18.2 Å². The first kappa shape index (κ1) is 13.6. The second kappa shape index (κ2) is 5.85. The van der Waals surface area contributed by atoms with E-state index in [0.29, 0.717) is 6.04 Å². The Labute approximate surface area is 111 Å². The Kier molecular flexibility index (Phi) is 4.41. The molecule has 1 fully saturated rings. The summed E-state index contributed by atoms with van der Waals surface area (Å²) >= 11 is 0. The zero-order chi connectivity index (χ0) is 13.1. The zero-order valence-electron chi connectivity index (χ0n) is 12.2. The van der Waals surface area contributed by atoms with Crippen molar-refractivity contribution in [3.05, 3.63) is 34.9 Å². The standard InChI is InChI=1S/C16H26N2/c1-12-5-6-16(9-13(12)2)14(3)17-10-15-7-8-18(4)11-15/h5-6,9,14-15,17H,7-8,10-11H2,1-4H3. The topological polar surface area (TPSA) is 15.3 Å². The molecule has 0 aromatic heterocycles. The first-order chi connectivity index (χ1) is 8.56. The molecule has 0 spiro atoms. The van der Waals surface area contributed by atoms with E-state index in [1.807, 2.05) is 0 Å². The summed E-state index contributed by atoms with van der Waals surface area (Å²) in [7, 11) is 2.22. The van der Waals surface area contributed by atoms with Crippen LogP contribution in [0.25, 0.3) is 0 Å². The first-order valence-electron chi connectivity index (χ1n) is 7.05. The maximum atomic E-state index is 3.68. The first-order valence-corrected chi connectivity index (χ1v) is 7.05. The van der Waals surface area contributed by atoms with E-state index in [1.54, 1.807) is 0 Å². The van der Waals surface area contributed by atoms with Crippen molar-refractivity contribution in [2.75, 3.05) is 26.7 Å². The highest BCUT2D eigenvalue weighted by molar-refractivity contribution is 5.31. The lowest BCUT2D eigenvalue weighted by Crippen LogP contribution is -2.27. The molecule has 1 aromatic carbocycles. The van der Waals surface area contributed by atoms with Gasteiger partial charge in [0.25, 0.3) is 0 Å². The lowest BCUT2D eigenvalue weighted by Gasteiger charge is -2.18. The van der Waals surface area contributed by atoms with Gasteiger partial charge < -0.3 is 10.2 Å². The number of rotatable bonds is 4. The van der Waals surface area contributed by atoms with Crippen molar-refractivity contribution in [3.8, 4) is 0 Å². The molecule has 0 saturated carbocycles. The third-order valence-corrected chi connectivity index (χ3v) is 4.23. The van der Waals surface area contributed by atoms with Crippen LogP contribution in [-0.2, 0) is 0 Å². The van der Waals surface area contributed by atoms with E-state index in [-0.39, 0.29) is 0 Å². The molecule has 2 atom stereocenters. The number of hydrogen-bond donors (Lipinski definition) is 1. The fraction of sp³-hybridized carbons (Fsp3) is 0.625. The Bertz CT molecular complexity index is 400. The van der Waals surface area contributed by atoms with Crippen LogP contribution in [0.3, 0.4) is 0 Å². The number of nitrogens with one attached hydrogen (secondary N) is 1. The molecule has 2 heteroatoms. The Hall–Kier alpha value is -0.860. The van der Waals surface area contributed by atoms with Gasteiger partial charge >= 0.3 is 0 Å². The molecule has 1 saturated heterocycles. The van der Waals surface area contributed by atoms with Crippen molar-refractivity contribution in [2.45, 2.75) is 33.2 Å². The normalized spacial score (nSPS) is 22.3. The van der Waals surface area contributed by atoms with Crippen molar-refractivity contribution in [2.24, 2.45) is 5.92 Å². The minimum Gasteiger partial charge on any atom is -0.310 e. The van der Waals surface area contributed by atoms with Gasteiger partial charge in [-0.1, -0.05) is 18.2 Å². The van der Waals surface area contributed by atoms with Gasteiger partial charge in [0.15, 0.2) is 0 Å². The molecule has 1 aliphatic rings. The predicted molar refractivity (Wildman–Crippen MR) is 77.9 cm³/mol. The van der Waals surface area contributed by atoms with E-state index in [4.69, 9.17) is 0 Å². The SMILES string of the molecule is Cc1ccc(C(C)NCC2CCN(C)C2)cc1C. The highest BCUT2D eigenvalue weighted by Gasteiger charge is 2.19. The summed E-state index contributed by atoms with van der Waals surface area (Å²) in [6.45, 7) is 10.3. The monoisotopic (exact) mass is 246 g/mol. The van der Waals surface area contributed by atoms with Gasteiger partial charge in [-0.3, -0.25) is 0 Å². The Balaban J connectivity index is 1.87. The van der Waals surface area contributed by atoms with Gasteiger partial charge in [-0.15, -0.1) is 0 Å². The fourth-order valence-corrected chi connectivity index (χ4v) is 2.69. The molecule has 1 aromatic rings. The third kappa shape index (κ3) is 3.33. The van der Waals surface area contributed by atoms with Crippen LogP contribution >= 0.6 is 0 Å². The van der Waals surface area contributed by atoms with Crippen LogP contribution in [0, 0.1) is 19.8 Å². The second-order valence-electron chi connectivity index (χ2n) is 5.89. The van der Waals surface area contributed by atoms with Crippen molar-refractivity contribution in [1.29, 1.82) is 0 Å². The van der Waals surface area contributed by atoms with E-state index >= 15 is 0 Å². The summed E-state index contributed by atoms with van der Waals surface area (Å²) in [5, 5.41) is 3.68. The van der Waals surface area contributed by atoms with Crippen LogP contribution < -0.4 is 5.32 Å². The molecule has 1 N–H and O–H groups in total. The van der Waals surface area contributed by atoms with Gasteiger partial charge in [-0.25, -0.2) is 0 Å². The molecule has 100 valence electrons. The number of aryl methyl sites for hydroxylation is 2. The van der Waals surface area contributed by atoms with Crippen LogP contribution in [0.2, 0.25) is 0 Å². The average molecular weight is 246 g/mol. The van der Waals surface area contributed by atoms with E-state index < -0.39 is 0 Å². The van der Waals surface area contributed by atoms with Gasteiger partial charge in [0, 0.05) is 12.6 Å². The van der Waals surface area contributed by atoms with Crippen LogP contribution in [0.4, 0.5) is 0 Å². The Morgan fingerprint density at radius 3 is 2.72 bits per heavy atom. The highest BCUT2D eigenvalue weighted by Crippen LogP contribution is 2.18. The molecular weight excluding hydrogens is 220 g/mol. The molecule has 0 radical (unpaired) electrons. The molecule has 0 aliphatic carbocycles. The molecular formula is C16H26N2. The minimum atomic E-state index is 0.454. The summed E-state index contributed by atoms with van der Waals surface area (Å²) in [6.07, 6.45) is 1.34. The minimum absolute atomic E-state index is 0.454. The molecule has 2 nitrogen and oxygen atoms in total. The van der Waals surface area contributed by atoms with Crippen LogP contribution in [-0.4, -0.2) is 31.6 Å². The van der Waals surface area contributed by atoms with E-state index in [0.717, 1.165) is 12.5 Å². The molecule has 2 rings (SSSR count). The fourth-order valence-electron chi connectivity index (χ4n) is 2.69. The quantitative estimate of drug-likeness (QED) is 0.879. The van der Waals surface area contributed by atoms with Gasteiger partial charge in [0.1, 0.15) is 0 Å². The molecule has 0 bridgehead atoms.